The minimum atomic E-state index is 0.557. The molecule has 0 spiro atoms. The predicted octanol–water partition coefficient (Wildman–Crippen LogP) is 1.29. The van der Waals surface area contributed by atoms with Crippen molar-refractivity contribution in [3.05, 3.63) is 30.0 Å². The summed E-state index contributed by atoms with van der Waals surface area (Å²) in [6, 6.07) is 5.80. The molecule has 0 fully saturated rings. The molecule has 2 aromatic rings. The molecular formula is C8H8N2O. The lowest BCUT2D eigenvalue weighted by Gasteiger charge is -1.92. The van der Waals surface area contributed by atoms with Gasteiger partial charge in [-0.2, -0.15) is 0 Å². The molecule has 1 aromatic heterocycles. The smallest absolute Gasteiger partial charge is 0.166 e. The van der Waals surface area contributed by atoms with E-state index in [1.54, 1.807) is 6.20 Å². The fraction of sp³-hybridized carbons (Fsp3) is 0.125. The molecule has 0 bridgehead atoms. The van der Waals surface area contributed by atoms with Crippen molar-refractivity contribution in [3.8, 4) is 0 Å². The van der Waals surface area contributed by atoms with E-state index < -0.39 is 0 Å². The first-order chi connectivity index (χ1) is 5.40. The third-order valence-corrected chi connectivity index (χ3v) is 1.65. The van der Waals surface area contributed by atoms with E-state index in [1.807, 2.05) is 18.2 Å². The molecule has 0 saturated carbocycles. The van der Waals surface area contributed by atoms with Crippen molar-refractivity contribution in [2.45, 2.75) is 6.54 Å². The normalized spacial score (nSPS) is 10.6. The predicted molar refractivity (Wildman–Crippen MR) is 41.9 cm³/mol. The van der Waals surface area contributed by atoms with Gasteiger partial charge in [0.25, 0.3) is 0 Å². The number of aromatic nitrogens is 1. The lowest BCUT2D eigenvalue weighted by molar-refractivity contribution is 0.456. The number of hydrogen-bond acceptors (Lipinski definition) is 3. The lowest BCUT2D eigenvalue weighted by Crippen LogP contribution is -1.94. The van der Waals surface area contributed by atoms with Crippen LogP contribution in [0.2, 0.25) is 0 Å². The van der Waals surface area contributed by atoms with Gasteiger partial charge in [0.2, 0.25) is 0 Å². The molecule has 0 unspecified atom stereocenters. The summed E-state index contributed by atoms with van der Waals surface area (Å²) in [6.45, 7) is 0.557. The Morgan fingerprint density at radius 3 is 3.18 bits per heavy atom. The Morgan fingerprint density at radius 1 is 1.45 bits per heavy atom. The van der Waals surface area contributed by atoms with Gasteiger partial charge in [-0.15, -0.1) is 0 Å². The monoisotopic (exact) mass is 148 g/mol. The second kappa shape index (κ2) is 2.36. The maximum absolute atomic E-state index is 5.46. The molecule has 2 N–H and O–H groups in total. The van der Waals surface area contributed by atoms with E-state index in [-0.39, 0.29) is 0 Å². The van der Waals surface area contributed by atoms with Crippen LogP contribution in [0.25, 0.3) is 11.0 Å². The second-order valence-electron chi connectivity index (χ2n) is 2.40. The molecule has 2 rings (SSSR count). The van der Waals surface area contributed by atoms with E-state index in [4.69, 9.17) is 10.3 Å². The van der Waals surface area contributed by atoms with Crippen LogP contribution < -0.4 is 5.73 Å². The second-order valence-corrected chi connectivity index (χ2v) is 2.40. The van der Waals surface area contributed by atoms with Crippen molar-refractivity contribution in [2.24, 2.45) is 5.73 Å². The summed E-state index contributed by atoms with van der Waals surface area (Å²) in [5.74, 6) is 0. The van der Waals surface area contributed by atoms with Gasteiger partial charge >= 0.3 is 0 Å². The first-order valence-electron chi connectivity index (χ1n) is 3.43. The van der Waals surface area contributed by atoms with E-state index in [9.17, 15) is 0 Å². The molecule has 1 aromatic carbocycles. The average Bonchev–Trinajstić information content (AvgIpc) is 2.50. The number of nitrogens with zero attached hydrogens (tertiary/aromatic N) is 1. The van der Waals surface area contributed by atoms with Gasteiger partial charge < -0.3 is 10.3 Å². The molecular weight excluding hydrogens is 140 g/mol. The van der Waals surface area contributed by atoms with Crippen molar-refractivity contribution in [3.63, 3.8) is 0 Å². The third-order valence-electron chi connectivity index (χ3n) is 1.65. The number of fused-ring (bicyclic) bond motifs is 1. The molecule has 3 nitrogen and oxygen atoms in total. The van der Waals surface area contributed by atoms with Crippen molar-refractivity contribution in [2.75, 3.05) is 0 Å². The minimum Gasteiger partial charge on any atom is -0.356 e. The van der Waals surface area contributed by atoms with Gasteiger partial charge in [-0.3, -0.25) is 0 Å². The number of benzene rings is 1. The highest BCUT2D eigenvalue weighted by molar-refractivity contribution is 5.76. The molecule has 1 heterocycles. The highest BCUT2D eigenvalue weighted by Gasteiger charge is 1.97. The summed E-state index contributed by atoms with van der Waals surface area (Å²) >= 11 is 0. The van der Waals surface area contributed by atoms with Crippen LogP contribution >= 0.6 is 0 Å². The lowest BCUT2D eigenvalue weighted by atomic mass is 10.2. The molecule has 56 valence electrons. The van der Waals surface area contributed by atoms with Crippen LogP contribution in [0.15, 0.2) is 28.9 Å². The van der Waals surface area contributed by atoms with Gasteiger partial charge in [-0.25, -0.2) is 0 Å². The Morgan fingerprint density at radius 2 is 2.36 bits per heavy atom. The van der Waals surface area contributed by atoms with Gasteiger partial charge in [0.05, 0.1) is 6.20 Å². The van der Waals surface area contributed by atoms with E-state index in [1.165, 1.54) is 0 Å². The third kappa shape index (κ3) is 0.991. The summed E-state index contributed by atoms with van der Waals surface area (Å²) in [5, 5.41) is 4.67. The average molecular weight is 148 g/mol. The first-order valence-corrected chi connectivity index (χ1v) is 3.43. The molecule has 0 amide bonds. The summed E-state index contributed by atoms with van der Waals surface area (Å²) in [4.78, 5) is 0. The molecule has 0 saturated heterocycles. The summed E-state index contributed by atoms with van der Waals surface area (Å²) in [6.07, 6.45) is 1.69. The van der Waals surface area contributed by atoms with Crippen molar-refractivity contribution >= 4 is 11.0 Å². The first kappa shape index (κ1) is 6.37. The van der Waals surface area contributed by atoms with Crippen LogP contribution in [-0.2, 0) is 6.54 Å². The maximum Gasteiger partial charge on any atom is 0.166 e. The molecule has 3 heteroatoms. The Balaban J connectivity index is 2.67. The summed E-state index contributed by atoms with van der Waals surface area (Å²) in [7, 11) is 0. The van der Waals surface area contributed by atoms with E-state index in [0.29, 0.717) is 6.54 Å². The topological polar surface area (TPSA) is 52.0 Å². The van der Waals surface area contributed by atoms with Gasteiger partial charge in [-0.05, 0) is 17.7 Å². The van der Waals surface area contributed by atoms with Crippen LogP contribution in [0.1, 0.15) is 5.56 Å². The molecule has 0 aliphatic carbocycles. The van der Waals surface area contributed by atoms with Crippen LogP contribution in [0.3, 0.4) is 0 Å². The van der Waals surface area contributed by atoms with E-state index in [0.717, 1.165) is 16.5 Å². The molecule has 0 radical (unpaired) electrons. The van der Waals surface area contributed by atoms with Crippen LogP contribution in [0, 0.1) is 0 Å². The Labute approximate surface area is 63.8 Å². The van der Waals surface area contributed by atoms with Crippen molar-refractivity contribution in [1.29, 1.82) is 0 Å². The zero-order chi connectivity index (χ0) is 7.68. The van der Waals surface area contributed by atoms with Crippen LogP contribution in [0.5, 0.6) is 0 Å². The van der Waals surface area contributed by atoms with Gasteiger partial charge in [0.1, 0.15) is 0 Å². The Hall–Kier alpha value is -1.35. The van der Waals surface area contributed by atoms with Crippen LogP contribution in [-0.4, -0.2) is 5.16 Å². The molecule has 11 heavy (non-hydrogen) atoms. The Bertz CT molecular complexity index is 367. The number of rotatable bonds is 1. The standard InChI is InChI=1S/C8H8N2O/c9-4-6-1-2-8-7(3-6)5-10-11-8/h1-3,5H,4,9H2. The summed E-state index contributed by atoms with van der Waals surface area (Å²) in [5.41, 5.74) is 7.36. The largest absolute Gasteiger partial charge is 0.356 e. The fourth-order valence-electron chi connectivity index (χ4n) is 1.05. The quantitative estimate of drug-likeness (QED) is 0.662. The molecule has 0 aliphatic heterocycles. The van der Waals surface area contributed by atoms with Gasteiger partial charge in [0.15, 0.2) is 5.58 Å². The highest BCUT2D eigenvalue weighted by atomic mass is 16.5. The fourth-order valence-corrected chi connectivity index (χ4v) is 1.05. The zero-order valence-electron chi connectivity index (χ0n) is 5.95. The zero-order valence-corrected chi connectivity index (χ0v) is 5.95. The maximum atomic E-state index is 5.46. The van der Waals surface area contributed by atoms with E-state index >= 15 is 0 Å². The SMILES string of the molecule is NCc1ccc2oncc2c1. The number of nitrogens with two attached hydrogens (primary N) is 1. The summed E-state index contributed by atoms with van der Waals surface area (Å²) < 4.78 is 4.93. The molecule has 0 aliphatic rings. The van der Waals surface area contributed by atoms with Crippen molar-refractivity contribution < 1.29 is 4.52 Å². The number of hydrogen-bond donors (Lipinski definition) is 1. The van der Waals surface area contributed by atoms with E-state index in [2.05, 4.69) is 5.16 Å². The van der Waals surface area contributed by atoms with Crippen LogP contribution in [0.4, 0.5) is 0 Å². The van der Waals surface area contributed by atoms with Gasteiger partial charge in [0, 0.05) is 11.9 Å². The van der Waals surface area contributed by atoms with Gasteiger partial charge in [-0.1, -0.05) is 11.2 Å². The Kier molecular flexibility index (Phi) is 1.36. The van der Waals surface area contributed by atoms with Crippen molar-refractivity contribution in [1.82, 2.24) is 5.16 Å². The molecule has 0 atom stereocenters. The highest BCUT2D eigenvalue weighted by Crippen LogP contribution is 2.14. The minimum absolute atomic E-state index is 0.557.